The molecule has 0 aliphatic carbocycles. The Bertz CT molecular complexity index is 761. The molecule has 0 amide bonds. The Kier molecular flexibility index (Phi) is 6.70. The SMILES string of the molecule is CCCOc1c(Br)cc(CNc2ccc(C(=O)O)cc2C)cc1OC. The van der Waals surface area contributed by atoms with Crippen molar-refractivity contribution in [2.75, 3.05) is 19.0 Å². The summed E-state index contributed by atoms with van der Waals surface area (Å²) in [4.78, 5) is 11.0. The minimum atomic E-state index is -0.925. The molecule has 2 N–H and O–H groups in total. The fourth-order valence-electron chi connectivity index (χ4n) is 2.41. The number of rotatable bonds is 8. The van der Waals surface area contributed by atoms with E-state index < -0.39 is 5.97 Å². The van der Waals surface area contributed by atoms with Crippen molar-refractivity contribution in [1.29, 1.82) is 0 Å². The smallest absolute Gasteiger partial charge is 0.335 e. The van der Waals surface area contributed by atoms with E-state index in [1.807, 2.05) is 19.1 Å². The molecule has 25 heavy (non-hydrogen) atoms. The number of carboxylic acid groups (broad SMARTS) is 1. The van der Waals surface area contributed by atoms with Gasteiger partial charge in [-0.15, -0.1) is 0 Å². The molecule has 0 aliphatic heterocycles. The average molecular weight is 408 g/mol. The largest absolute Gasteiger partial charge is 0.493 e. The first-order chi connectivity index (χ1) is 12.0. The van der Waals surface area contributed by atoms with Crippen molar-refractivity contribution in [3.05, 3.63) is 51.5 Å². The Morgan fingerprint density at radius 2 is 2.04 bits per heavy atom. The van der Waals surface area contributed by atoms with Crippen molar-refractivity contribution in [1.82, 2.24) is 0 Å². The van der Waals surface area contributed by atoms with Crippen molar-refractivity contribution in [2.24, 2.45) is 0 Å². The molecule has 2 rings (SSSR count). The highest BCUT2D eigenvalue weighted by Gasteiger charge is 2.12. The number of halogens is 1. The monoisotopic (exact) mass is 407 g/mol. The Morgan fingerprint density at radius 1 is 1.28 bits per heavy atom. The van der Waals surface area contributed by atoms with E-state index in [9.17, 15) is 4.79 Å². The molecular formula is C19H22BrNO4. The van der Waals surface area contributed by atoms with E-state index >= 15 is 0 Å². The van der Waals surface area contributed by atoms with Gasteiger partial charge in [-0.3, -0.25) is 0 Å². The van der Waals surface area contributed by atoms with Crippen molar-refractivity contribution in [3.63, 3.8) is 0 Å². The number of methoxy groups -OCH3 is 1. The van der Waals surface area contributed by atoms with Crippen LogP contribution in [0.3, 0.4) is 0 Å². The van der Waals surface area contributed by atoms with Crippen molar-refractivity contribution in [3.8, 4) is 11.5 Å². The second kappa shape index (κ2) is 8.76. The summed E-state index contributed by atoms with van der Waals surface area (Å²) in [5.74, 6) is 0.457. The first kappa shape index (κ1) is 19.1. The number of hydrogen-bond donors (Lipinski definition) is 2. The van der Waals surface area contributed by atoms with Crippen LogP contribution in [0.25, 0.3) is 0 Å². The molecule has 0 heterocycles. The van der Waals surface area contributed by atoms with Gasteiger partial charge in [0.05, 0.1) is 23.8 Å². The summed E-state index contributed by atoms with van der Waals surface area (Å²) in [6.45, 7) is 5.14. The topological polar surface area (TPSA) is 67.8 Å². The zero-order chi connectivity index (χ0) is 18.4. The summed E-state index contributed by atoms with van der Waals surface area (Å²) in [6.07, 6.45) is 0.921. The van der Waals surface area contributed by atoms with Crippen LogP contribution in [-0.2, 0) is 6.54 Å². The van der Waals surface area contributed by atoms with Gasteiger partial charge in [-0.25, -0.2) is 4.79 Å². The van der Waals surface area contributed by atoms with E-state index in [-0.39, 0.29) is 5.56 Å². The molecule has 0 spiro atoms. The summed E-state index contributed by atoms with van der Waals surface area (Å²) >= 11 is 3.54. The Balaban J connectivity index is 2.15. The zero-order valence-corrected chi connectivity index (χ0v) is 16.1. The van der Waals surface area contributed by atoms with Gasteiger partial charge in [0.2, 0.25) is 0 Å². The van der Waals surface area contributed by atoms with E-state index in [4.69, 9.17) is 14.6 Å². The first-order valence-corrected chi connectivity index (χ1v) is 8.82. The first-order valence-electron chi connectivity index (χ1n) is 8.03. The van der Waals surface area contributed by atoms with E-state index in [1.165, 1.54) is 0 Å². The third-order valence-electron chi connectivity index (χ3n) is 3.70. The maximum atomic E-state index is 11.0. The number of nitrogens with one attached hydrogen (secondary N) is 1. The Labute approximate surface area is 156 Å². The maximum Gasteiger partial charge on any atom is 0.335 e. The van der Waals surface area contributed by atoms with Crippen molar-refractivity contribution in [2.45, 2.75) is 26.8 Å². The number of carbonyl (C=O) groups is 1. The molecule has 0 radical (unpaired) electrons. The molecule has 0 bridgehead atoms. The van der Waals surface area contributed by atoms with Crippen LogP contribution in [0.2, 0.25) is 0 Å². The normalized spacial score (nSPS) is 10.4. The standard InChI is InChI=1S/C19H22BrNO4/c1-4-7-25-18-15(20)9-13(10-17(18)24-3)11-21-16-6-5-14(19(22)23)8-12(16)2/h5-6,8-10,21H,4,7,11H2,1-3H3,(H,22,23). The van der Waals surface area contributed by atoms with E-state index in [2.05, 4.69) is 28.2 Å². The van der Waals surface area contributed by atoms with Gasteiger partial charge in [-0.2, -0.15) is 0 Å². The zero-order valence-electron chi connectivity index (χ0n) is 14.6. The predicted octanol–water partition coefficient (Wildman–Crippen LogP) is 4.87. The van der Waals surface area contributed by atoms with Crippen LogP contribution in [0.4, 0.5) is 5.69 Å². The average Bonchev–Trinajstić information content (AvgIpc) is 2.59. The molecule has 0 unspecified atom stereocenters. The quantitative estimate of drug-likeness (QED) is 0.653. The predicted molar refractivity (Wildman–Crippen MR) is 102 cm³/mol. The number of aryl methyl sites for hydroxylation is 1. The molecule has 2 aromatic rings. The molecule has 5 nitrogen and oxygen atoms in total. The molecule has 0 aliphatic rings. The lowest BCUT2D eigenvalue weighted by Gasteiger charge is -2.15. The number of ether oxygens (including phenoxy) is 2. The van der Waals surface area contributed by atoms with Crippen molar-refractivity contribution < 1.29 is 19.4 Å². The maximum absolute atomic E-state index is 11.0. The minimum Gasteiger partial charge on any atom is -0.493 e. The van der Waals surface area contributed by atoms with Crippen LogP contribution in [0.15, 0.2) is 34.8 Å². The summed E-state index contributed by atoms with van der Waals surface area (Å²) in [5, 5.41) is 12.4. The third kappa shape index (κ3) is 4.89. The number of hydrogen-bond acceptors (Lipinski definition) is 4. The molecule has 6 heteroatoms. The lowest BCUT2D eigenvalue weighted by atomic mass is 10.1. The highest BCUT2D eigenvalue weighted by molar-refractivity contribution is 9.10. The third-order valence-corrected chi connectivity index (χ3v) is 4.29. The van der Waals surface area contributed by atoms with Gasteiger partial charge in [0, 0.05) is 12.2 Å². The van der Waals surface area contributed by atoms with Crippen molar-refractivity contribution >= 4 is 27.6 Å². The molecule has 0 fully saturated rings. The molecular weight excluding hydrogens is 386 g/mol. The van der Waals surface area contributed by atoms with E-state index in [0.717, 1.165) is 27.7 Å². The lowest BCUT2D eigenvalue weighted by molar-refractivity contribution is 0.0697. The van der Waals surface area contributed by atoms with Crippen LogP contribution in [0.5, 0.6) is 11.5 Å². The van der Waals surface area contributed by atoms with Crippen LogP contribution >= 0.6 is 15.9 Å². The lowest BCUT2D eigenvalue weighted by Crippen LogP contribution is -2.05. The van der Waals surface area contributed by atoms with Gasteiger partial charge in [0.25, 0.3) is 0 Å². The highest BCUT2D eigenvalue weighted by atomic mass is 79.9. The van der Waals surface area contributed by atoms with E-state index in [1.54, 1.807) is 25.3 Å². The van der Waals surface area contributed by atoms with Gasteiger partial charge >= 0.3 is 5.97 Å². The highest BCUT2D eigenvalue weighted by Crippen LogP contribution is 2.37. The second-order valence-corrected chi connectivity index (χ2v) is 6.50. The molecule has 0 aromatic heterocycles. The van der Waals surface area contributed by atoms with Crippen LogP contribution in [0.1, 0.15) is 34.8 Å². The number of aromatic carboxylic acids is 1. The summed E-state index contributed by atoms with van der Waals surface area (Å²) < 4.78 is 12.0. The Morgan fingerprint density at radius 3 is 2.64 bits per heavy atom. The van der Waals surface area contributed by atoms with Crippen LogP contribution in [0, 0.1) is 6.92 Å². The summed E-state index contributed by atoms with van der Waals surface area (Å²) in [6, 6.07) is 8.95. The number of carboxylic acids is 1. The number of benzene rings is 2. The minimum absolute atomic E-state index is 0.282. The molecule has 0 saturated heterocycles. The molecule has 2 aromatic carbocycles. The fourth-order valence-corrected chi connectivity index (χ4v) is 3.02. The Hall–Kier alpha value is -2.21. The molecule has 0 atom stereocenters. The van der Waals surface area contributed by atoms with Gasteiger partial charge in [0.15, 0.2) is 11.5 Å². The van der Waals surface area contributed by atoms with Crippen LogP contribution < -0.4 is 14.8 Å². The van der Waals surface area contributed by atoms with Gasteiger partial charge < -0.3 is 19.9 Å². The second-order valence-electron chi connectivity index (χ2n) is 5.65. The molecule has 0 saturated carbocycles. The summed E-state index contributed by atoms with van der Waals surface area (Å²) in [5.41, 5.74) is 3.08. The summed E-state index contributed by atoms with van der Waals surface area (Å²) in [7, 11) is 1.62. The van der Waals surface area contributed by atoms with Gasteiger partial charge in [-0.1, -0.05) is 6.92 Å². The fraction of sp³-hybridized carbons (Fsp3) is 0.316. The van der Waals surface area contributed by atoms with Crippen LogP contribution in [-0.4, -0.2) is 24.8 Å². The van der Waals surface area contributed by atoms with E-state index in [0.29, 0.717) is 24.7 Å². The van der Waals surface area contributed by atoms with Gasteiger partial charge in [0.1, 0.15) is 0 Å². The number of anilines is 1. The van der Waals surface area contributed by atoms with Gasteiger partial charge in [-0.05, 0) is 70.7 Å². The molecule has 134 valence electrons.